The maximum Gasteiger partial charge on any atom is 0.410 e. The second-order valence-electron chi connectivity index (χ2n) is 7.29. The van der Waals surface area contributed by atoms with E-state index in [0.29, 0.717) is 31.7 Å². The number of pyridine rings is 1. The minimum atomic E-state index is -0.944. The summed E-state index contributed by atoms with van der Waals surface area (Å²) in [4.78, 5) is 30.5. The summed E-state index contributed by atoms with van der Waals surface area (Å²) in [6.07, 6.45) is 2.71. The van der Waals surface area contributed by atoms with Crippen LogP contribution in [-0.2, 0) is 4.74 Å². The number of piperidine rings is 1. The Balaban J connectivity index is 1.80. The molecule has 1 N–H and O–H groups in total. The Labute approximate surface area is 146 Å². The van der Waals surface area contributed by atoms with Crippen LogP contribution < -0.4 is 4.74 Å². The van der Waals surface area contributed by atoms with Gasteiger partial charge in [0, 0.05) is 32.1 Å². The Morgan fingerprint density at radius 3 is 2.68 bits per heavy atom. The molecule has 0 saturated carbocycles. The minimum Gasteiger partial charge on any atom is -0.515 e. The summed E-state index contributed by atoms with van der Waals surface area (Å²) in [5.41, 5.74) is -1.13. The number of nitrogens with zero attached hydrogens (tertiary/aromatic N) is 2. The first-order valence-electron chi connectivity index (χ1n) is 8.27. The lowest BCUT2D eigenvalue weighted by molar-refractivity contribution is -0.00660. The Bertz CT molecular complexity index is 727. The van der Waals surface area contributed by atoms with Gasteiger partial charge in [-0.1, -0.05) is 0 Å². The van der Waals surface area contributed by atoms with Crippen LogP contribution >= 0.6 is 0 Å². The number of ketones is 1. The lowest BCUT2D eigenvalue weighted by Gasteiger charge is -2.44. The largest absolute Gasteiger partial charge is 0.515 e. The maximum absolute atomic E-state index is 12.6. The summed E-state index contributed by atoms with van der Waals surface area (Å²) < 4.78 is 11.5. The highest BCUT2D eigenvalue weighted by atomic mass is 16.6. The molecule has 1 aromatic heterocycles. The van der Waals surface area contributed by atoms with Crippen LogP contribution in [0.1, 0.15) is 44.1 Å². The van der Waals surface area contributed by atoms with Crippen LogP contribution in [-0.4, -0.2) is 51.2 Å². The van der Waals surface area contributed by atoms with Gasteiger partial charge in [-0.3, -0.25) is 4.79 Å². The molecule has 1 saturated heterocycles. The monoisotopic (exact) mass is 346 g/mol. The van der Waals surface area contributed by atoms with Gasteiger partial charge in [0.05, 0.1) is 11.8 Å². The summed E-state index contributed by atoms with van der Waals surface area (Å²) in [5, 5.41) is 9.64. The average molecular weight is 346 g/mol. The van der Waals surface area contributed by atoms with E-state index in [0.717, 1.165) is 6.26 Å². The van der Waals surface area contributed by atoms with Crippen molar-refractivity contribution in [3.8, 4) is 5.75 Å². The van der Waals surface area contributed by atoms with Gasteiger partial charge in [0.2, 0.25) is 5.78 Å². The van der Waals surface area contributed by atoms with Crippen molar-refractivity contribution in [2.45, 2.75) is 44.8 Å². The summed E-state index contributed by atoms with van der Waals surface area (Å²) in [6.45, 7) is 6.19. The Kier molecular flexibility index (Phi) is 4.18. The highest BCUT2D eigenvalue weighted by Gasteiger charge is 2.49. The highest BCUT2D eigenvalue weighted by molar-refractivity contribution is 6.11. The van der Waals surface area contributed by atoms with Crippen LogP contribution in [0.4, 0.5) is 4.79 Å². The average Bonchev–Trinajstić information content (AvgIpc) is 2.54. The second-order valence-corrected chi connectivity index (χ2v) is 7.29. The summed E-state index contributed by atoms with van der Waals surface area (Å²) in [7, 11) is 0. The van der Waals surface area contributed by atoms with E-state index in [4.69, 9.17) is 9.47 Å². The normalized spacial score (nSPS) is 21.0. The highest BCUT2D eigenvalue weighted by Crippen LogP contribution is 2.41. The summed E-state index contributed by atoms with van der Waals surface area (Å²) in [6, 6.07) is 3.39. The van der Waals surface area contributed by atoms with Crippen LogP contribution in [0, 0.1) is 0 Å². The van der Waals surface area contributed by atoms with Crippen molar-refractivity contribution < 1.29 is 24.2 Å². The zero-order chi connectivity index (χ0) is 18.2. The standard InChI is InChI=1S/C18H22N2O5/c1-17(2,3)25-16(23)20-9-6-18(7-10-20)12(11-21)15(22)14-13(24-18)5-4-8-19-14/h4-5,8,11,21H,6-7,9-10H2,1-3H3. The number of Topliss-reactive ketones (excluding diaryl/α,β-unsaturated/α-hetero) is 1. The number of ether oxygens (including phenoxy) is 2. The Morgan fingerprint density at radius 1 is 1.40 bits per heavy atom. The molecule has 0 unspecified atom stereocenters. The van der Waals surface area contributed by atoms with Gasteiger partial charge < -0.3 is 19.5 Å². The van der Waals surface area contributed by atoms with Crippen molar-refractivity contribution in [3.63, 3.8) is 0 Å². The molecule has 2 aliphatic rings. The maximum atomic E-state index is 12.6. The number of hydrogen-bond donors (Lipinski definition) is 1. The molecule has 25 heavy (non-hydrogen) atoms. The number of rotatable bonds is 0. The molecule has 1 spiro atoms. The molecule has 1 amide bonds. The number of aliphatic hydroxyl groups is 1. The van der Waals surface area contributed by atoms with Crippen molar-refractivity contribution in [2.24, 2.45) is 0 Å². The number of amides is 1. The van der Waals surface area contributed by atoms with E-state index in [1.54, 1.807) is 17.0 Å². The quantitative estimate of drug-likeness (QED) is 0.574. The van der Waals surface area contributed by atoms with Gasteiger partial charge in [0.25, 0.3) is 0 Å². The summed E-state index contributed by atoms with van der Waals surface area (Å²) in [5.74, 6) is 0.0684. The van der Waals surface area contributed by atoms with Crippen molar-refractivity contribution in [3.05, 3.63) is 35.9 Å². The molecule has 0 atom stereocenters. The number of aromatic nitrogens is 1. The van der Waals surface area contributed by atoms with Gasteiger partial charge >= 0.3 is 6.09 Å². The van der Waals surface area contributed by atoms with Crippen LogP contribution in [0.25, 0.3) is 0 Å². The van der Waals surface area contributed by atoms with E-state index in [9.17, 15) is 14.7 Å². The van der Waals surface area contributed by atoms with Crippen molar-refractivity contribution >= 4 is 11.9 Å². The summed E-state index contributed by atoms with van der Waals surface area (Å²) >= 11 is 0. The molecule has 3 heterocycles. The molecular formula is C18H22N2O5. The molecule has 7 nitrogen and oxygen atoms in total. The molecule has 7 heteroatoms. The topological polar surface area (TPSA) is 89.0 Å². The van der Waals surface area contributed by atoms with E-state index in [1.165, 1.54) is 6.20 Å². The number of likely N-dealkylation sites (tertiary alicyclic amines) is 1. The van der Waals surface area contributed by atoms with Gasteiger partial charge in [-0.15, -0.1) is 0 Å². The van der Waals surface area contributed by atoms with Crippen molar-refractivity contribution in [1.82, 2.24) is 9.88 Å². The molecule has 1 fully saturated rings. The smallest absolute Gasteiger partial charge is 0.410 e. The molecule has 134 valence electrons. The van der Waals surface area contributed by atoms with Crippen LogP contribution in [0.5, 0.6) is 5.75 Å². The number of aliphatic hydroxyl groups excluding tert-OH is 1. The molecule has 3 rings (SSSR count). The van der Waals surface area contributed by atoms with E-state index in [1.807, 2.05) is 20.8 Å². The lowest BCUT2D eigenvalue weighted by atomic mass is 9.79. The fourth-order valence-electron chi connectivity index (χ4n) is 3.17. The third-order valence-corrected chi connectivity index (χ3v) is 4.38. The lowest BCUT2D eigenvalue weighted by Crippen LogP contribution is -2.54. The zero-order valence-electron chi connectivity index (χ0n) is 14.6. The molecular weight excluding hydrogens is 324 g/mol. The van der Waals surface area contributed by atoms with E-state index < -0.39 is 11.2 Å². The zero-order valence-corrected chi connectivity index (χ0v) is 14.6. The first-order valence-corrected chi connectivity index (χ1v) is 8.27. The minimum absolute atomic E-state index is 0.183. The molecule has 2 aliphatic heterocycles. The molecule has 0 bridgehead atoms. The second kappa shape index (κ2) is 6.06. The number of hydrogen-bond acceptors (Lipinski definition) is 6. The third kappa shape index (κ3) is 3.18. The van der Waals surface area contributed by atoms with Gasteiger partial charge in [0.15, 0.2) is 5.69 Å². The van der Waals surface area contributed by atoms with Gasteiger partial charge in [-0.05, 0) is 32.9 Å². The number of carbonyl (C=O) groups is 2. The van der Waals surface area contributed by atoms with E-state index in [2.05, 4.69) is 4.98 Å². The Hall–Kier alpha value is -2.57. The Morgan fingerprint density at radius 2 is 2.08 bits per heavy atom. The van der Waals surface area contributed by atoms with E-state index >= 15 is 0 Å². The van der Waals surface area contributed by atoms with Crippen LogP contribution in [0.15, 0.2) is 30.2 Å². The third-order valence-electron chi connectivity index (χ3n) is 4.38. The number of carbonyl (C=O) groups excluding carboxylic acids is 2. The predicted octanol–water partition coefficient (Wildman–Crippen LogP) is 2.87. The SMILES string of the molecule is CC(C)(C)OC(=O)N1CCC2(CC1)Oc1cccnc1C(=O)C2=CO. The fraction of sp³-hybridized carbons (Fsp3) is 0.500. The fourth-order valence-corrected chi connectivity index (χ4v) is 3.17. The van der Waals surface area contributed by atoms with E-state index in [-0.39, 0.29) is 23.1 Å². The first-order chi connectivity index (χ1) is 11.8. The molecule has 1 aromatic rings. The van der Waals surface area contributed by atoms with Gasteiger partial charge in [-0.25, -0.2) is 9.78 Å². The predicted molar refractivity (Wildman–Crippen MR) is 89.7 cm³/mol. The van der Waals surface area contributed by atoms with Crippen LogP contribution in [0.3, 0.4) is 0 Å². The van der Waals surface area contributed by atoms with Crippen molar-refractivity contribution in [2.75, 3.05) is 13.1 Å². The molecule has 0 aliphatic carbocycles. The van der Waals surface area contributed by atoms with Gasteiger partial charge in [-0.2, -0.15) is 0 Å². The van der Waals surface area contributed by atoms with Crippen molar-refractivity contribution in [1.29, 1.82) is 0 Å². The van der Waals surface area contributed by atoms with Crippen LogP contribution in [0.2, 0.25) is 0 Å². The van der Waals surface area contributed by atoms with Gasteiger partial charge in [0.1, 0.15) is 17.0 Å². The first kappa shape index (κ1) is 17.3. The molecule has 0 radical (unpaired) electrons. The molecule has 0 aromatic carbocycles. The number of fused-ring (bicyclic) bond motifs is 1.